The molecule has 0 saturated carbocycles. The van der Waals surface area contributed by atoms with Crippen molar-refractivity contribution >= 4 is 17.3 Å². The van der Waals surface area contributed by atoms with Gasteiger partial charge in [-0.05, 0) is 32.5 Å². The summed E-state index contributed by atoms with van der Waals surface area (Å²) in [7, 11) is 1.71. The fourth-order valence-electron chi connectivity index (χ4n) is 1.87. The summed E-state index contributed by atoms with van der Waals surface area (Å²) in [6.07, 6.45) is 1.48. The van der Waals surface area contributed by atoms with Gasteiger partial charge in [0.05, 0.1) is 12.2 Å². The molecule has 1 rings (SSSR count). The maximum Gasteiger partial charge on any atom is 0.169 e. The minimum atomic E-state index is 0.252. The van der Waals surface area contributed by atoms with Gasteiger partial charge in [0, 0.05) is 33.4 Å². The van der Waals surface area contributed by atoms with Crippen LogP contribution in [0.2, 0.25) is 0 Å². The first-order valence-corrected chi connectivity index (χ1v) is 6.21. The first-order valence-electron chi connectivity index (χ1n) is 5.80. The van der Waals surface area contributed by atoms with E-state index in [-0.39, 0.29) is 12.2 Å². The number of methoxy groups -OCH3 is 1. The predicted molar refractivity (Wildman–Crippen MR) is 68.7 cm³/mol. The van der Waals surface area contributed by atoms with Crippen molar-refractivity contribution in [1.82, 2.24) is 10.2 Å². The van der Waals surface area contributed by atoms with Gasteiger partial charge in [-0.3, -0.25) is 0 Å². The summed E-state index contributed by atoms with van der Waals surface area (Å²) < 4.78 is 10.6. The van der Waals surface area contributed by atoms with Crippen LogP contribution < -0.4 is 5.32 Å². The van der Waals surface area contributed by atoms with Gasteiger partial charge in [-0.25, -0.2) is 0 Å². The standard InChI is InChI=1S/C11H22N2O2S/c1-9-7-13(8-10(2)15-9)11(16)12-5-4-6-14-3/h9-10H,4-8H2,1-3H3,(H,12,16). The number of rotatable bonds is 4. The minimum Gasteiger partial charge on any atom is -0.385 e. The van der Waals surface area contributed by atoms with Crippen molar-refractivity contribution in [2.45, 2.75) is 32.5 Å². The summed E-state index contributed by atoms with van der Waals surface area (Å²) >= 11 is 5.35. The van der Waals surface area contributed by atoms with Gasteiger partial charge in [0.15, 0.2) is 5.11 Å². The molecule has 4 nitrogen and oxygen atoms in total. The van der Waals surface area contributed by atoms with E-state index in [9.17, 15) is 0 Å². The molecule has 94 valence electrons. The smallest absolute Gasteiger partial charge is 0.169 e. The van der Waals surface area contributed by atoms with E-state index in [2.05, 4.69) is 24.1 Å². The summed E-state index contributed by atoms with van der Waals surface area (Å²) in [6.45, 7) is 7.55. The number of ether oxygens (including phenoxy) is 2. The van der Waals surface area contributed by atoms with Crippen LogP contribution in [0.4, 0.5) is 0 Å². The zero-order chi connectivity index (χ0) is 12.0. The van der Waals surface area contributed by atoms with Crippen LogP contribution in [0.25, 0.3) is 0 Å². The number of nitrogens with zero attached hydrogens (tertiary/aromatic N) is 1. The van der Waals surface area contributed by atoms with Gasteiger partial charge in [0.25, 0.3) is 0 Å². The lowest BCUT2D eigenvalue weighted by Gasteiger charge is -2.36. The lowest BCUT2D eigenvalue weighted by atomic mass is 10.2. The van der Waals surface area contributed by atoms with Gasteiger partial charge in [-0.1, -0.05) is 0 Å². The Labute approximate surface area is 103 Å². The fourth-order valence-corrected chi connectivity index (χ4v) is 2.12. The SMILES string of the molecule is COCCCNC(=S)N1CC(C)OC(C)C1. The first-order chi connectivity index (χ1) is 7.63. The molecule has 0 spiro atoms. The maximum atomic E-state index is 5.66. The number of thiocarbonyl (C=S) groups is 1. The molecule has 5 heteroatoms. The third-order valence-corrected chi connectivity index (χ3v) is 2.91. The van der Waals surface area contributed by atoms with E-state index in [1.165, 1.54) is 0 Å². The van der Waals surface area contributed by atoms with Gasteiger partial charge >= 0.3 is 0 Å². The largest absolute Gasteiger partial charge is 0.385 e. The number of hydrogen-bond acceptors (Lipinski definition) is 3. The molecule has 0 aromatic carbocycles. The van der Waals surface area contributed by atoms with E-state index >= 15 is 0 Å². The topological polar surface area (TPSA) is 33.7 Å². The van der Waals surface area contributed by atoms with E-state index in [1.54, 1.807) is 7.11 Å². The third kappa shape index (κ3) is 4.63. The average molecular weight is 246 g/mol. The molecule has 0 radical (unpaired) electrons. The van der Waals surface area contributed by atoms with Crippen LogP contribution in [0.1, 0.15) is 20.3 Å². The highest BCUT2D eigenvalue weighted by atomic mass is 32.1. The lowest BCUT2D eigenvalue weighted by molar-refractivity contribution is -0.0481. The highest BCUT2D eigenvalue weighted by molar-refractivity contribution is 7.80. The van der Waals surface area contributed by atoms with Crippen LogP contribution in [0.5, 0.6) is 0 Å². The van der Waals surface area contributed by atoms with Gasteiger partial charge in [-0.15, -0.1) is 0 Å². The molecule has 1 N–H and O–H groups in total. The van der Waals surface area contributed by atoms with E-state index < -0.39 is 0 Å². The number of hydrogen-bond donors (Lipinski definition) is 1. The minimum absolute atomic E-state index is 0.252. The molecule has 1 heterocycles. The average Bonchev–Trinajstić information content (AvgIpc) is 2.22. The second kappa shape index (κ2) is 7.04. The first kappa shape index (κ1) is 13.7. The highest BCUT2D eigenvalue weighted by Crippen LogP contribution is 2.10. The van der Waals surface area contributed by atoms with Gasteiger partial charge in [0.2, 0.25) is 0 Å². The van der Waals surface area contributed by atoms with E-state index in [0.29, 0.717) is 0 Å². The van der Waals surface area contributed by atoms with Crippen LogP contribution >= 0.6 is 12.2 Å². The Balaban J connectivity index is 2.24. The van der Waals surface area contributed by atoms with Crippen LogP contribution in [0.15, 0.2) is 0 Å². The summed E-state index contributed by atoms with van der Waals surface area (Å²) in [5, 5.41) is 4.08. The molecule has 1 fully saturated rings. The number of nitrogens with one attached hydrogen (secondary N) is 1. The van der Waals surface area contributed by atoms with Gasteiger partial charge < -0.3 is 19.7 Å². The Kier molecular flexibility index (Phi) is 6.01. The zero-order valence-electron chi connectivity index (χ0n) is 10.4. The quantitative estimate of drug-likeness (QED) is 0.591. The molecule has 1 aliphatic heterocycles. The Hall–Kier alpha value is -0.390. The van der Waals surface area contributed by atoms with Crippen molar-refractivity contribution in [3.63, 3.8) is 0 Å². The van der Waals surface area contributed by atoms with Crippen molar-refractivity contribution in [2.75, 3.05) is 33.4 Å². The Morgan fingerprint density at radius 1 is 1.44 bits per heavy atom. The molecule has 0 aromatic rings. The van der Waals surface area contributed by atoms with E-state index in [4.69, 9.17) is 21.7 Å². The Morgan fingerprint density at radius 2 is 2.06 bits per heavy atom. The second-order valence-corrected chi connectivity index (χ2v) is 4.63. The Morgan fingerprint density at radius 3 is 2.62 bits per heavy atom. The van der Waals surface area contributed by atoms with Crippen LogP contribution in [-0.2, 0) is 9.47 Å². The van der Waals surface area contributed by atoms with Crippen molar-refractivity contribution in [2.24, 2.45) is 0 Å². The Bertz CT molecular complexity index is 216. The number of morpholine rings is 1. The zero-order valence-corrected chi connectivity index (χ0v) is 11.2. The third-order valence-electron chi connectivity index (χ3n) is 2.51. The molecule has 0 aliphatic carbocycles. The summed E-state index contributed by atoms with van der Waals surface area (Å²) in [5.41, 5.74) is 0. The molecule has 0 amide bonds. The highest BCUT2D eigenvalue weighted by Gasteiger charge is 2.23. The molecule has 0 aromatic heterocycles. The van der Waals surface area contributed by atoms with Crippen LogP contribution in [-0.4, -0.2) is 55.6 Å². The molecule has 2 unspecified atom stereocenters. The summed E-state index contributed by atoms with van der Waals surface area (Å²) in [6, 6.07) is 0. The molecule has 2 atom stereocenters. The second-order valence-electron chi connectivity index (χ2n) is 4.24. The van der Waals surface area contributed by atoms with E-state index in [1.807, 2.05) is 0 Å². The molecular weight excluding hydrogens is 224 g/mol. The predicted octanol–water partition coefficient (Wildman–Crippen LogP) is 1.01. The van der Waals surface area contributed by atoms with Gasteiger partial charge in [0.1, 0.15) is 0 Å². The molecule has 16 heavy (non-hydrogen) atoms. The van der Waals surface area contributed by atoms with Crippen molar-refractivity contribution < 1.29 is 9.47 Å². The monoisotopic (exact) mass is 246 g/mol. The van der Waals surface area contributed by atoms with Crippen molar-refractivity contribution in [3.8, 4) is 0 Å². The molecule has 0 bridgehead atoms. The van der Waals surface area contributed by atoms with Crippen LogP contribution in [0, 0.1) is 0 Å². The molecule has 1 aliphatic rings. The summed E-state index contributed by atoms with van der Waals surface area (Å²) in [4.78, 5) is 2.18. The lowest BCUT2D eigenvalue weighted by Crippen LogP contribution is -2.51. The van der Waals surface area contributed by atoms with Crippen LogP contribution in [0.3, 0.4) is 0 Å². The molecular formula is C11H22N2O2S. The van der Waals surface area contributed by atoms with Gasteiger partial charge in [-0.2, -0.15) is 0 Å². The normalized spacial score (nSPS) is 25.6. The fraction of sp³-hybridized carbons (Fsp3) is 0.909. The molecule has 1 saturated heterocycles. The van der Waals surface area contributed by atoms with Crippen molar-refractivity contribution in [3.05, 3.63) is 0 Å². The van der Waals surface area contributed by atoms with Crippen molar-refractivity contribution in [1.29, 1.82) is 0 Å². The summed E-state index contributed by atoms with van der Waals surface area (Å²) in [5.74, 6) is 0. The maximum absolute atomic E-state index is 5.66. The van der Waals surface area contributed by atoms with E-state index in [0.717, 1.165) is 37.8 Å².